The van der Waals surface area contributed by atoms with Crippen LogP contribution in [-0.2, 0) is 14.3 Å². The van der Waals surface area contributed by atoms with Gasteiger partial charge in [-0.25, -0.2) is 9.59 Å². The molecule has 1 N–H and O–H groups in total. The third-order valence-corrected chi connectivity index (χ3v) is 4.94. The third kappa shape index (κ3) is 4.26. The highest BCUT2D eigenvalue weighted by Gasteiger charge is 2.39. The summed E-state index contributed by atoms with van der Waals surface area (Å²) in [5, 5.41) is 9.36. The fourth-order valence-electron chi connectivity index (χ4n) is 2.37. The molecule has 0 bridgehead atoms. The smallest absolute Gasteiger partial charge is 0.337 e. The largest absolute Gasteiger partial charge is 0.480 e. The molecule has 2 rings (SSSR count). The number of carbonyl (C=O) groups is 3. The second-order valence-electron chi connectivity index (χ2n) is 5.31. The van der Waals surface area contributed by atoms with Crippen molar-refractivity contribution in [3.8, 4) is 0 Å². The maximum atomic E-state index is 12.6. The van der Waals surface area contributed by atoms with Gasteiger partial charge in [-0.3, -0.25) is 9.69 Å². The fourth-order valence-corrected chi connectivity index (χ4v) is 3.73. The van der Waals surface area contributed by atoms with Crippen molar-refractivity contribution < 1.29 is 24.2 Å². The second-order valence-corrected chi connectivity index (χ2v) is 6.98. The van der Waals surface area contributed by atoms with Crippen LogP contribution in [0.15, 0.2) is 29.2 Å². The van der Waals surface area contributed by atoms with Crippen LogP contribution in [-0.4, -0.2) is 45.3 Å². The lowest BCUT2D eigenvalue weighted by Crippen LogP contribution is -2.43. The van der Waals surface area contributed by atoms with Crippen LogP contribution in [0.2, 0.25) is 0 Å². The van der Waals surface area contributed by atoms with Crippen LogP contribution in [0.1, 0.15) is 35.7 Å². The van der Waals surface area contributed by atoms with E-state index in [1.54, 1.807) is 30.3 Å². The van der Waals surface area contributed by atoms with E-state index in [2.05, 4.69) is 4.74 Å². The summed E-state index contributed by atoms with van der Waals surface area (Å²) in [5.41, 5.74) is 1.11. The Labute approximate surface area is 154 Å². The number of hydrogen-bond acceptors (Lipinski definition) is 6. The van der Waals surface area contributed by atoms with Gasteiger partial charge >= 0.3 is 11.9 Å². The molecule has 0 unspecified atom stereocenters. The van der Waals surface area contributed by atoms with E-state index in [0.717, 1.165) is 11.8 Å². The molecule has 0 aromatic heterocycles. The van der Waals surface area contributed by atoms with E-state index in [9.17, 15) is 19.5 Å². The molecule has 1 atom stereocenters. The van der Waals surface area contributed by atoms with E-state index in [-0.39, 0.29) is 4.32 Å². The van der Waals surface area contributed by atoms with Crippen LogP contribution in [0, 0.1) is 0 Å². The van der Waals surface area contributed by atoms with E-state index in [4.69, 9.17) is 12.2 Å². The number of benzene rings is 1. The first kappa shape index (κ1) is 19.1. The molecule has 0 spiro atoms. The molecule has 1 fully saturated rings. The van der Waals surface area contributed by atoms with Gasteiger partial charge in [0.15, 0.2) is 0 Å². The van der Waals surface area contributed by atoms with Gasteiger partial charge in [0, 0.05) is 0 Å². The molecule has 1 saturated heterocycles. The van der Waals surface area contributed by atoms with Gasteiger partial charge < -0.3 is 9.84 Å². The Morgan fingerprint density at radius 1 is 1.36 bits per heavy atom. The number of thioether (sulfide) groups is 1. The van der Waals surface area contributed by atoms with E-state index in [0.29, 0.717) is 28.9 Å². The lowest BCUT2D eigenvalue weighted by Gasteiger charge is -2.22. The van der Waals surface area contributed by atoms with Gasteiger partial charge in [0.05, 0.1) is 17.6 Å². The SMILES string of the molecule is CCC[C@H](C(=O)O)N1C(=O)/C(=C\c2ccc(C(=O)OC)cc2)SC1=S. The number of nitrogens with zero attached hydrogens (tertiary/aromatic N) is 1. The molecular formula is C17H17NO5S2. The van der Waals surface area contributed by atoms with Crippen molar-refractivity contribution in [3.05, 3.63) is 40.3 Å². The van der Waals surface area contributed by atoms with Crippen molar-refractivity contribution in [1.82, 2.24) is 4.90 Å². The molecule has 1 aliphatic heterocycles. The van der Waals surface area contributed by atoms with E-state index in [1.165, 1.54) is 12.0 Å². The molecule has 0 saturated carbocycles. The van der Waals surface area contributed by atoms with Crippen LogP contribution >= 0.6 is 24.0 Å². The number of carboxylic acid groups (broad SMARTS) is 1. The first-order chi connectivity index (χ1) is 11.9. The zero-order valence-electron chi connectivity index (χ0n) is 13.7. The lowest BCUT2D eigenvalue weighted by atomic mass is 10.1. The van der Waals surface area contributed by atoms with Crippen LogP contribution < -0.4 is 0 Å². The first-order valence-corrected chi connectivity index (χ1v) is 8.79. The Hall–Kier alpha value is -2.19. The number of carbonyl (C=O) groups excluding carboxylic acids is 2. The van der Waals surface area contributed by atoms with Crippen molar-refractivity contribution in [2.45, 2.75) is 25.8 Å². The molecule has 6 nitrogen and oxygen atoms in total. The Kier molecular flexibility index (Phi) is 6.33. The minimum absolute atomic E-state index is 0.239. The Bertz CT molecular complexity index is 742. The predicted molar refractivity (Wildman–Crippen MR) is 99.1 cm³/mol. The molecule has 8 heteroatoms. The van der Waals surface area contributed by atoms with E-state index < -0.39 is 23.9 Å². The van der Waals surface area contributed by atoms with E-state index in [1.807, 2.05) is 6.92 Å². The van der Waals surface area contributed by atoms with Gasteiger partial charge in [0.1, 0.15) is 10.4 Å². The number of methoxy groups -OCH3 is 1. The standard InChI is InChI=1S/C17H17NO5S2/c1-3-4-12(15(20)21)18-14(19)13(25-17(18)24)9-10-5-7-11(8-6-10)16(22)23-2/h5-9,12H,3-4H2,1-2H3,(H,20,21)/b13-9+/t12-/m1/s1. The van der Waals surface area contributed by atoms with Crippen molar-refractivity contribution in [3.63, 3.8) is 0 Å². The maximum absolute atomic E-state index is 12.6. The average molecular weight is 379 g/mol. The zero-order valence-corrected chi connectivity index (χ0v) is 15.4. The van der Waals surface area contributed by atoms with Crippen molar-refractivity contribution in [2.75, 3.05) is 7.11 Å². The number of carboxylic acids is 1. The van der Waals surface area contributed by atoms with Crippen molar-refractivity contribution in [2.24, 2.45) is 0 Å². The molecule has 1 aromatic rings. The summed E-state index contributed by atoms with van der Waals surface area (Å²) in [6.07, 6.45) is 2.59. The summed E-state index contributed by atoms with van der Waals surface area (Å²) in [5.74, 6) is -1.92. The fraction of sp³-hybridized carbons (Fsp3) is 0.294. The normalized spacial score (nSPS) is 17.0. The Morgan fingerprint density at radius 3 is 2.52 bits per heavy atom. The summed E-state index contributed by atoms with van der Waals surface area (Å²) in [4.78, 5) is 37.0. The molecule has 1 amide bonds. The van der Waals surface area contributed by atoms with Gasteiger partial charge in [0.2, 0.25) is 0 Å². The van der Waals surface area contributed by atoms with Crippen molar-refractivity contribution >= 4 is 52.2 Å². The minimum Gasteiger partial charge on any atom is -0.480 e. The van der Waals surface area contributed by atoms with Gasteiger partial charge in [-0.1, -0.05) is 49.5 Å². The zero-order chi connectivity index (χ0) is 18.6. The van der Waals surface area contributed by atoms with Gasteiger partial charge in [-0.15, -0.1) is 0 Å². The summed E-state index contributed by atoms with van der Waals surface area (Å²) in [6.45, 7) is 1.85. The van der Waals surface area contributed by atoms with Crippen molar-refractivity contribution in [1.29, 1.82) is 0 Å². The molecule has 0 radical (unpaired) electrons. The Morgan fingerprint density at radius 2 is 2.00 bits per heavy atom. The number of ether oxygens (including phenoxy) is 1. The highest BCUT2D eigenvalue weighted by molar-refractivity contribution is 8.26. The second kappa shape index (κ2) is 8.26. The monoisotopic (exact) mass is 379 g/mol. The molecule has 132 valence electrons. The number of hydrogen-bond donors (Lipinski definition) is 1. The average Bonchev–Trinajstić information content (AvgIpc) is 2.86. The van der Waals surface area contributed by atoms with Gasteiger partial charge in [0.25, 0.3) is 5.91 Å². The number of thiocarbonyl (C=S) groups is 1. The number of esters is 1. The Balaban J connectivity index is 2.24. The summed E-state index contributed by atoms with van der Waals surface area (Å²) in [7, 11) is 1.30. The van der Waals surface area contributed by atoms with Crippen LogP contribution in [0.5, 0.6) is 0 Å². The highest BCUT2D eigenvalue weighted by Crippen LogP contribution is 2.34. The number of rotatable bonds is 6. The van der Waals surface area contributed by atoms with Gasteiger partial charge in [-0.05, 0) is 30.2 Å². The minimum atomic E-state index is -1.07. The number of amides is 1. The van der Waals surface area contributed by atoms with Crippen LogP contribution in [0.3, 0.4) is 0 Å². The molecule has 1 heterocycles. The molecule has 0 aliphatic carbocycles. The molecule has 25 heavy (non-hydrogen) atoms. The molecule has 1 aromatic carbocycles. The molecule has 1 aliphatic rings. The lowest BCUT2D eigenvalue weighted by molar-refractivity contribution is -0.145. The summed E-state index contributed by atoms with van der Waals surface area (Å²) >= 11 is 6.27. The summed E-state index contributed by atoms with van der Waals surface area (Å²) < 4.78 is 4.87. The van der Waals surface area contributed by atoms with Crippen LogP contribution in [0.25, 0.3) is 6.08 Å². The third-order valence-electron chi connectivity index (χ3n) is 3.61. The first-order valence-electron chi connectivity index (χ1n) is 7.57. The highest BCUT2D eigenvalue weighted by atomic mass is 32.2. The summed E-state index contributed by atoms with van der Waals surface area (Å²) in [6, 6.07) is 5.59. The molecular weight excluding hydrogens is 362 g/mol. The van der Waals surface area contributed by atoms with Crippen LogP contribution in [0.4, 0.5) is 0 Å². The maximum Gasteiger partial charge on any atom is 0.337 e. The predicted octanol–water partition coefficient (Wildman–Crippen LogP) is 2.93. The topological polar surface area (TPSA) is 83.9 Å². The van der Waals surface area contributed by atoms with Gasteiger partial charge in [-0.2, -0.15) is 0 Å². The quantitative estimate of drug-likeness (QED) is 0.462. The number of aliphatic carboxylic acids is 1. The van der Waals surface area contributed by atoms with E-state index >= 15 is 0 Å².